The maximum Gasteiger partial charge on any atom is 0.274 e. The number of rotatable bonds is 7. The van der Waals surface area contributed by atoms with Crippen molar-refractivity contribution in [2.24, 2.45) is 7.05 Å². The predicted molar refractivity (Wildman–Crippen MR) is 134 cm³/mol. The quantitative estimate of drug-likeness (QED) is 0.543. The zero-order valence-electron chi connectivity index (χ0n) is 20.8. The Hall–Kier alpha value is -3.81. The Kier molecular flexibility index (Phi) is 7.39. The monoisotopic (exact) mass is 476 g/mol. The lowest BCUT2D eigenvalue weighted by atomic mass is 10.1. The van der Waals surface area contributed by atoms with Gasteiger partial charge < -0.3 is 19.7 Å². The van der Waals surface area contributed by atoms with Crippen molar-refractivity contribution in [2.75, 3.05) is 25.5 Å². The van der Waals surface area contributed by atoms with Gasteiger partial charge in [-0.05, 0) is 68.5 Å². The second kappa shape index (κ2) is 10.6. The van der Waals surface area contributed by atoms with Gasteiger partial charge in [-0.1, -0.05) is 12.1 Å². The highest BCUT2D eigenvalue weighted by Gasteiger charge is 2.25. The number of amides is 2. The van der Waals surface area contributed by atoms with Crippen LogP contribution in [0.5, 0.6) is 11.5 Å². The Morgan fingerprint density at radius 1 is 1.03 bits per heavy atom. The molecule has 0 unspecified atom stereocenters. The van der Waals surface area contributed by atoms with Gasteiger partial charge in [0.2, 0.25) is 0 Å². The molecule has 8 heteroatoms. The maximum atomic E-state index is 13.1. The fraction of sp³-hybridized carbons (Fsp3) is 0.370. The highest BCUT2D eigenvalue weighted by molar-refractivity contribution is 6.08. The van der Waals surface area contributed by atoms with Gasteiger partial charge in [0, 0.05) is 31.3 Å². The minimum Gasteiger partial charge on any atom is -0.496 e. The number of ether oxygens (including phenoxy) is 2. The molecule has 1 aliphatic rings. The number of piperidine rings is 1. The third-order valence-corrected chi connectivity index (χ3v) is 6.30. The number of benzene rings is 2. The fourth-order valence-corrected chi connectivity index (χ4v) is 4.27. The van der Waals surface area contributed by atoms with Crippen LogP contribution in [0.25, 0.3) is 0 Å². The Labute approximate surface area is 205 Å². The molecular formula is C27H32N4O4. The predicted octanol–water partition coefficient (Wildman–Crippen LogP) is 4.50. The lowest BCUT2D eigenvalue weighted by Gasteiger charge is -2.27. The molecule has 1 saturated heterocycles. The van der Waals surface area contributed by atoms with Crippen molar-refractivity contribution in [1.29, 1.82) is 0 Å². The second-order valence-electron chi connectivity index (χ2n) is 8.92. The molecule has 0 atom stereocenters. The molecule has 0 spiro atoms. The fourth-order valence-electron chi connectivity index (χ4n) is 4.27. The molecule has 2 aromatic carbocycles. The normalized spacial score (nSPS) is 13.4. The summed E-state index contributed by atoms with van der Waals surface area (Å²) >= 11 is 0. The summed E-state index contributed by atoms with van der Waals surface area (Å²) in [6, 6.07) is 11.2. The van der Waals surface area contributed by atoms with E-state index in [0.29, 0.717) is 22.7 Å². The van der Waals surface area contributed by atoms with E-state index in [4.69, 9.17) is 9.47 Å². The molecule has 1 aromatic heterocycles. The van der Waals surface area contributed by atoms with Gasteiger partial charge in [0.1, 0.15) is 23.8 Å². The largest absolute Gasteiger partial charge is 0.496 e. The second-order valence-corrected chi connectivity index (χ2v) is 8.92. The molecule has 2 heterocycles. The average Bonchev–Trinajstić information content (AvgIpc) is 3.23. The van der Waals surface area contributed by atoms with Gasteiger partial charge in [-0.15, -0.1) is 0 Å². The average molecular weight is 477 g/mol. The number of nitrogens with zero attached hydrogens (tertiary/aromatic N) is 3. The Balaban J connectivity index is 1.52. The van der Waals surface area contributed by atoms with Crippen molar-refractivity contribution in [3.63, 3.8) is 0 Å². The number of carbonyl (C=O) groups excluding carboxylic acids is 2. The molecule has 0 bridgehead atoms. The topological polar surface area (TPSA) is 85.7 Å². The number of hydrogen-bond donors (Lipinski definition) is 1. The molecule has 2 amide bonds. The van der Waals surface area contributed by atoms with Gasteiger partial charge in [-0.25, -0.2) is 0 Å². The SMILES string of the molecule is COc1ccc(C(=O)Nc2cnn(C)c2C(=O)N2CCCCC2)cc1COc1cc(C)ccc1C. The van der Waals surface area contributed by atoms with Crippen molar-refractivity contribution >= 4 is 17.5 Å². The zero-order chi connectivity index (χ0) is 24.9. The van der Waals surface area contributed by atoms with Gasteiger partial charge >= 0.3 is 0 Å². The van der Waals surface area contributed by atoms with Crippen LogP contribution in [0.2, 0.25) is 0 Å². The summed E-state index contributed by atoms with van der Waals surface area (Å²) in [4.78, 5) is 28.1. The molecule has 1 fully saturated rings. The van der Waals surface area contributed by atoms with Crippen LogP contribution in [0.1, 0.15) is 56.8 Å². The lowest BCUT2D eigenvalue weighted by molar-refractivity contribution is 0.0714. The van der Waals surface area contributed by atoms with Gasteiger partial charge in [0.15, 0.2) is 0 Å². The van der Waals surface area contributed by atoms with Crippen LogP contribution in [0.15, 0.2) is 42.6 Å². The number of hydrogen-bond acceptors (Lipinski definition) is 5. The van der Waals surface area contributed by atoms with Crippen molar-refractivity contribution in [3.8, 4) is 11.5 Å². The van der Waals surface area contributed by atoms with Crippen LogP contribution < -0.4 is 14.8 Å². The van der Waals surface area contributed by atoms with E-state index in [1.54, 1.807) is 32.4 Å². The summed E-state index contributed by atoms with van der Waals surface area (Å²) in [7, 11) is 3.30. The standard InChI is InChI=1S/C27H32N4O4/c1-18-8-9-19(2)24(14-18)35-17-21-15-20(10-11-23(21)34-4)26(32)29-22-16-28-30(3)25(22)27(33)31-12-6-5-7-13-31/h8-11,14-16H,5-7,12-13,17H2,1-4H3,(H,29,32). The van der Waals surface area contributed by atoms with E-state index in [1.165, 1.54) is 10.9 Å². The van der Waals surface area contributed by atoms with Gasteiger partial charge in [0.05, 0.1) is 19.0 Å². The number of anilines is 1. The number of likely N-dealkylation sites (tertiary alicyclic amines) is 1. The first-order valence-corrected chi connectivity index (χ1v) is 11.9. The van der Waals surface area contributed by atoms with E-state index in [0.717, 1.165) is 54.8 Å². The third-order valence-electron chi connectivity index (χ3n) is 6.30. The first kappa shape index (κ1) is 24.3. The molecule has 184 valence electrons. The van der Waals surface area contributed by atoms with Crippen molar-refractivity contribution in [1.82, 2.24) is 14.7 Å². The minimum absolute atomic E-state index is 0.114. The summed E-state index contributed by atoms with van der Waals surface area (Å²) in [5.74, 6) is 0.978. The van der Waals surface area contributed by atoms with Gasteiger partial charge in [-0.3, -0.25) is 14.3 Å². The van der Waals surface area contributed by atoms with E-state index in [9.17, 15) is 9.59 Å². The highest BCUT2D eigenvalue weighted by Crippen LogP contribution is 2.26. The van der Waals surface area contributed by atoms with Crippen molar-refractivity contribution < 1.29 is 19.1 Å². The lowest BCUT2D eigenvalue weighted by Crippen LogP contribution is -2.37. The van der Waals surface area contributed by atoms with Crippen LogP contribution in [0.3, 0.4) is 0 Å². The third kappa shape index (κ3) is 5.48. The Morgan fingerprint density at radius 2 is 1.80 bits per heavy atom. The van der Waals surface area contributed by atoms with Crippen LogP contribution >= 0.6 is 0 Å². The van der Waals surface area contributed by atoms with Crippen LogP contribution in [0.4, 0.5) is 5.69 Å². The summed E-state index contributed by atoms with van der Waals surface area (Å²) in [6.45, 7) is 5.70. The molecule has 0 saturated carbocycles. The minimum atomic E-state index is -0.332. The first-order valence-electron chi connectivity index (χ1n) is 11.9. The molecule has 3 aromatic rings. The number of aromatic nitrogens is 2. The molecular weight excluding hydrogens is 444 g/mol. The van der Waals surface area contributed by atoms with E-state index >= 15 is 0 Å². The molecule has 4 rings (SSSR count). The zero-order valence-corrected chi connectivity index (χ0v) is 20.8. The summed E-state index contributed by atoms with van der Waals surface area (Å²) in [6.07, 6.45) is 4.63. The number of methoxy groups -OCH3 is 1. The number of nitrogens with one attached hydrogen (secondary N) is 1. The smallest absolute Gasteiger partial charge is 0.274 e. The van der Waals surface area contributed by atoms with E-state index < -0.39 is 0 Å². The van der Waals surface area contributed by atoms with Crippen molar-refractivity contribution in [2.45, 2.75) is 39.7 Å². The molecule has 0 radical (unpaired) electrons. The Morgan fingerprint density at radius 3 is 2.54 bits per heavy atom. The van der Waals surface area contributed by atoms with Gasteiger partial charge in [0.25, 0.3) is 11.8 Å². The molecule has 1 N–H and O–H groups in total. The Bertz CT molecular complexity index is 1230. The van der Waals surface area contributed by atoms with E-state index in [2.05, 4.69) is 10.4 Å². The summed E-state index contributed by atoms with van der Waals surface area (Å²) in [5, 5.41) is 7.09. The van der Waals surface area contributed by atoms with Crippen LogP contribution in [-0.4, -0.2) is 46.7 Å². The number of carbonyl (C=O) groups is 2. The van der Waals surface area contributed by atoms with Crippen molar-refractivity contribution in [3.05, 3.63) is 70.5 Å². The molecule has 8 nitrogen and oxygen atoms in total. The molecule has 35 heavy (non-hydrogen) atoms. The van der Waals surface area contributed by atoms with E-state index in [-0.39, 0.29) is 18.4 Å². The van der Waals surface area contributed by atoms with Crippen LogP contribution in [-0.2, 0) is 13.7 Å². The highest BCUT2D eigenvalue weighted by atomic mass is 16.5. The first-order chi connectivity index (χ1) is 16.9. The molecule has 1 aliphatic heterocycles. The van der Waals surface area contributed by atoms with Gasteiger partial charge in [-0.2, -0.15) is 5.10 Å². The maximum absolute atomic E-state index is 13.1. The van der Waals surface area contributed by atoms with E-state index in [1.807, 2.05) is 36.9 Å². The summed E-state index contributed by atoms with van der Waals surface area (Å²) in [5.41, 5.74) is 4.11. The summed E-state index contributed by atoms with van der Waals surface area (Å²) < 4.78 is 13.0. The van der Waals surface area contributed by atoms with Crippen LogP contribution in [0, 0.1) is 13.8 Å². The number of aryl methyl sites for hydroxylation is 3. The molecule has 0 aliphatic carbocycles.